The fraction of sp³-hybridized carbons (Fsp3) is 0.217. The highest BCUT2D eigenvalue weighted by Crippen LogP contribution is 2.45. The SMILES string of the molecule is O=C1[C@H]2C3C[C@H](CN3S(=O)(=O)c3ccccc3F)N2C(=O)N1c1cccc2ccccc12. The van der Waals surface area contributed by atoms with Crippen molar-refractivity contribution >= 4 is 38.4 Å². The molecule has 9 heteroatoms. The lowest BCUT2D eigenvalue weighted by atomic mass is 10.1. The van der Waals surface area contributed by atoms with Gasteiger partial charge in [-0.05, 0) is 30.0 Å². The number of rotatable bonds is 3. The Morgan fingerprint density at radius 2 is 1.62 bits per heavy atom. The molecule has 3 amide bonds. The summed E-state index contributed by atoms with van der Waals surface area (Å²) >= 11 is 0. The normalized spacial score (nSPS) is 25.2. The van der Waals surface area contributed by atoms with Gasteiger partial charge in [0.15, 0.2) is 0 Å². The van der Waals surface area contributed by atoms with E-state index in [2.05, 4.69) is 0 Å². The molecule has 0 N–H and O–H groups in total. The number of fused-ring (bicyclic) bond motifs is 6. The van der Waals surface area contributed by atoms with Crippen LogP contribution in [0.5, 0.6) is 0 Å². The molecular weight excluding hydrogens is 433 g/mol. The highest BCUT2D eigenvalue weighted by molar-refractivity contribution is 7.89. The van der Waals surface area contributed by atoms with Crippen LogP contribution >= 0.6 is 0 Å². The number of carbonyl (C=O) groups excluding carboxylic acids is 2. The molecule has 3 aromatic carbocycles. The standard InChI is InChI=1S/C23H18FN3O4S/c24-17-9-3-4-11-20(17)32(30,31)25-13-15-12-19(25)21-22(28)27(23(29)26(15)21)18-10-5-7-14-6-1-2-8-16(14)18/h1-11,15,19,21H,12-13H2/t15-,19?,21-/m1/s1. The van der Waals surface area contributed by atoms with Crippen LogP contribution in [0.15, 0.2) is 71.6 Å². The number of nitrogens with zero attached hydrogens (tertiary/aromatic N) is 3. The summed E-state index contributed by atoms with van der Waals surface area (Å²) < 4.78 is 41.9. The molecule has 7 nitrogen and oxygen atoms in total. The molecule has 3 saturated heterocycles. The van der Waals surface area contributed by atoms with Gasteiger partial charge in [-0.25, -0.2) is 22.5 Å². The van der Waals surface area contributed by atoms with E-state index in [0.717, 1.165) is 21.7 Å². The molecule has 3 heterocycles. The second-order valence-corrected chi connectivity index (χ2v) is 10.1. The van der Waals surface area contributed by atoms with Crippen molar-refractivity contribution < 1.29 is 22.4 Å². The number of anilines is 1. The highest BCUT2D eigenvalue weighted by Gasteiger charge is 2.64. The first-order valence-electron chi connectivity index (χ1n) is 10.3. The molecule has 0 saturated carbocycles. The summed E-state index contributed by atoms with van der Waals surface area (Å²) in [5, 5.41) is 1.66. The van der Waals surface area contributed by atoms with E-state index in [1.165, 1.54) is 27.4 Å². The summed E-state index contributed by atoms with van der Waals surface area (Å²) in [5.41, 5.74) is 0.482. The van der Waals surface area contributed by atoms with Crippen LogP contribution in [0.2, 0.25) is 0 Å². The first kappa shape index (κ1) is 19.4. The van der Waals surface area contributed by atoms with Crippen LogP contribution in [0.4, 0.5) is 14.9 Å². The number of urea groups is 1. The van der Waals surface area contributed by atoms with Crippen molar-refractivity contribution in [2.75, 3.05) is 11.4 Å². The molecule has 6 rings (SSSR count). The minimum absolute atomic E-state index is 0.0419. The lowest BCUT2D eigenvalue weighted by Gasteiger charge is -2.34. The van der Waals surface area contributed by atoms with Crippen molar-refractivity contribution in [2.45, 2.75) is 29.4 Å². The van der Waals surface area contributed by atoms with Gasteiger partial charge in [-0.3, -0.25) is 4.79 Å². The van der Waals surface area contributed by atoms with Gasteiger partial charge in [0.05, 0.1) is 11.7 Å². The van der Waals surface area contributed by atoms with E-state index in [0.29, 0.717) is 12.1 Å². The van der Waals surface area contributed by atoms with E-state index in [1.807, 2.05) is 30.3 Å². The van der Waals surface area contributed by atoms with Crippen molar-refractivity contribution in [3.05, 3.63) is 72.5 Å². The lowest BCUT2D eigenvalue weighted by Crippen LogP contribution is -2.54. The summed E-state index contributed by atoms with van der Waals surface area (Å²) in [4.78, 5) is 29.0. The van der Waals surface area contributed by atoms with Gasteiger partial charge in [-0.1, -0.05) is 48.5 Å². The number of benzene rings is 3. The van der Waals surface area contributed by atoms with E-state index in [4.69, 9.17) is 0 Å². The fourth-order valence-electron chi connectivity index (χ4n) is 5.30. The number of carbonyl (C=O) groups is 2. The minimum Gasteiger partial charge on any atom is -0.306 e. The second kappa shape index (κ2) is 6.60. The number of amides is 3. The lowest BCUT2D eigenvalue weighted by molar-refractivity contribution is -0.120. The third-order valence-corrected chi connectivity index (χ3v) is 8.57. The molecule has 3 aliphatic rings. The molecule has 3 fully saturated rings. The minimum atomic E-state index is -4.15. The van der Waals surface area contributed by atoms with Crippen molar-refractivity contribution in [1.29, 1.82) is 0 Å². The Bertz CT molecular complexity index is 1400. The van der Waals surface area contributed by atoms with E-state index in [-0.39, 0.29) is 6.54 Å². The van der Waals surface area contributed by atoms with Crippen molar-refractivity contribution in [3.63, 3.8) is 0 Å². The van der Waals surface area contributed by atoms with Crippen LogP contribution in [0.1, 0.15) is 6.42 Å². The first-order valence-corrected chi connectivity index (χ1v) is 11.7. The van der Waals surface area contributed by atoms with Crippen molar-refractivity contribution in [2.24, 2.45) is 0 Å². The molecule has 2 bridgehead atoms. The fourth-order valence-corrected chi connectivity index (χ4v) is 7.04. The predicted molar refractivity (Wildman–Crippen MR) is 115 cm³/mol. The Hall–Kier alpha value is -3.30. The summed E-state index contributed by atoms with van der Waals surface area (Å²) in [6, 6.07) is 15.6. The average Bonchev–Trinajstić information content (AvgIpc) is 3.45. The molecule has 0 aromatic heterocycles. The predicted octanol–water partition coefficient (Wildman–Crippen LogP) is 2.96. The Morgan fingerprint density at radius 1 is 0.906 bits per heavy atom. The van der Waals surface area contributed by atoms with Gasteiger partial charge in [0.2, 0.25) is 10.0 Å². The molecule has 3 atom stereocenters. The maximum absolute atomic E-state index is 14.3. The molecular formula is C23H18FN3O4S. The molecule has 0 aliphatic carbocycles. The number of hydrogen-bond acceptors (Lipinski definition) is 4. The van der Waals surface area contributed by atoms with Gasteiger partial charge in [0.1, 0.15) is 16.8 Å². The Morgan fingerprint density at radius 3 is 2.44 bits per heavy atom. The van der Waals surface area contributed by atoms with E-state index in [1.54, 1.807) is 12.1 Å². The second-order valence-electron chi connectivity index (χ2n) is 8.27. The maximum Gasteiger partial charge on any atom is 0.332 e. The first-order chi connectivity index (χ1) is 15.4. The number of imide groups is 1. The molecule has 0 spiro atoms. The topological polar surface area (TPSA) is 78.0 Å². The molecule has 162 valence electrons. The molecule has 1 unspecified atom stereocenters. The smallest absolute Gasteiger partial charge is 0.306 e. The quantitative estimate of drug-likeness (QED) is 0.574. The van der Waals surface area contributed by atoms with E-state index >= 15 is 0 Å². The zero-order chi connectivity index (χ0) is 22.2. The van der Waals surface area contributed by atoms with Crippen LogP contribution in [0, 0.1) is 5.82 Å². The Balaban J connectivity index is 1.40. The third kappa shape index (κ3) is 2.46. The number of sulfonamides is 1. The molecule has 3 aromatic rings. The molecule has 3 aliphatic heterocycles. The largest absolute Gasteiger partial charge is 0.332 e. The Labute approximate surface area is 183 Å². The van der Waals surface area contributed by atoms with Crippen LogP contribution in [0.3, 0.4) is 0 Å². The molecule has 32 heavy (non-hydrogen) atoms. The van der Waals surface area contributed by atoms with Gasteiger partial charge in [-0.2, -0.15) is 4.31 Å². The van der Waals surface area contributed by atoms with Crippen molar-refractivity contribution in [1.82, 2.24) is 9.21 Å². The summed E-state index contributed by atoms with van der Waals surface area (Å²) in [6.07, 6.45) is 0.360. The van der Waals surface area contributed by atoms with Crippen LogP contribution < -0.4 is 4.90 Å². The molecule has 0 radical (unpaired) electrons. The summed E-state index contributed by atoms with van der Waals surface area (Å²) in [7, 11) is -4.15. The number of piperazine rings is 1. The zero-order valence-electron chi connectivity index (χ0n) is 16.8. The van der Waals surface area contributed by atoms with Crippen LogP contribution in [-0.4, -0.2) is 54.2 Å². The van der Waals surface area contributed by atoms with Crippen molar-refractivity contribution in [3.8, 4) is 0 Å². The van der Waals surface area contributed by atoms with Gasteiger partial charge in [0.25, 0.3) is 5.91 Å². The number of hydrogen-bond donors (Lipinski definition) is 0. The zero-order valence-corrected chi connectivity index (χ0v) is 17.6. The summed E-state index contributed by atoms with van der Waals surface area (Å²) in [5.74, 6) is -1.29. The third-order valence-electron chi connectivity index (χ3n) is 6.65. The monoisotopic (exact) mass is 451 g/mol. The highest BCUT2D eigenvalue weighted by atomic mass is 32.2. The van der Waals surface area contributed by atoms with Crippen LogP contribution in [0.25, 0.3) is 10.8 Å². The van der Waals surface area contributed by atoms with Gasteiger partial charge < -0.3 is 4.90 Å². The van der Waals surface area contributed by atoms with Gasteiger partial charge >= 0.3 is 6.03 Å². The van der Waals surface area contributed by atoms with Gasteiger partial charge in [-0.15, -0.1) is 0 Å². The summed E-state index contributed by atoms with van der Waals surface area (Å²) in [6.45, 7) is 0.0419. The maximum atomic E-state index is 14.3. The van der Waals surface area contributed by atoms with E-state index < -0.39 is 50.8 Å². The number of halogens is 1. The average molecular weight is 451 g/mol. The van der Waals surface area contributed by atoms with Crippen LogP contribution in [-0.2, 0) is 14.8 Å². The van der Waals surface area contributed by atoms with E-state index in [9.17, 15) is 22.4 Å². The Kier molecular flexibility index (Phi) is 4.00. The van der Waals surface area contributed by atoms with Gasteiger partial charge in [0, 0.05) is 18.0 Å².